The molecule has 1 aliphatic rings. The zero-order valence-electron chi connectivity index (χ0n) is 12.5. The Bertz CT molecular complexity index is 610. The molecule has 126 valence electrons. The largest absolute Gasteiger partial charge is 0.492 e. The highest BCUT2D eigenvalue weighted by Gasteiger charge is 2.27. The summed E-state index contributed by atoms with van der Waals surface area (Å²) in [5, 5.41) is 0. The Morgan fingerprint density at radius 2 is 2.18 bits per heavy atom. The number of hydrogen-bond donors (Lipinski definition) is 2. The van der Waals surface area contributed by atoms with E-state index in [0.29, 0.717) is 12.4 Å². The van der Waals surface area contributed by atoms with Crippen molar-refractivity contribution in [3.8, 4) is 5.75 Å². The van der Waals surface area contributed by atoms with Crippen molar-refractivity contribution in [1.29, 1.82) is 0 Å². The van der Waals surface area contributed by atoms with Gasteiger partial charge < -0.3 is 10.5 Å². The molecule has 1 unspecified atom stereocenters. The minimum atomic E-state index is -3.63. The molecule has 3 N–H and O–H groups in total. The predicted octanol–water partition coefficient (Wildman–Crippen LogP) is 2.60. The van der Waals surface area contributed by atoms with Crippen LogP contribution in [0.15, 0.2) is 21.5 Å². The highest BCUT2D eigenvalue weighted by atomic mass is 79.9. The summed E-state index contributed by atoms with van der Waals surface area (Å²) in [7, 11) is -3.63. The quantitative estimate of drug-likeness (QED) is 0.720. The molecule has 1 aromatic carbocycles. The van der Waals surface area contributed by atoms with E-state index >= 15 is 0 Å². The minimum absolute atomic E-state index is 0. The zero-order valence-corrected chi connectivity index (χ0v) is 15.7. The summed E-state index contributed by atoms with van der Waals surface area (Å²) in [6, 6.07) is 3.24. The van der Waals surface area contributed by atoms with Crippen molar-refractivity contribution < 1.29 is 13.2 Å². The Balaban J connectivity index is 0.00000242. The summed E-state index contributed by atoms with van der Waals surface area (Å²) in [4.78, 5) is 0.194. The van der Waals surface area contributed by atoms with Crippen LogP contribution in [0, 0.1) is 0 Å². The SMILES string of the molecule is CCCCC(CN)NS(=O)(=O)c1cc(Br)cc2c1OCC2.Cl. The summed E-state index contributed by atoms with van der Waals surface area (Å²) in [5.74, 6) is 0.469. The van der Waals surface area contributed by atoms with Crippen LogP contribution >= 0.6 is 28.3 Å². The molecule has 0 aromatic heterocycles. The van der Waals surface area contributed by atoms with Crippen molar-refractivity contribution in [3.63, 3.8) is 0 Å². The first-order valence-electron chi connectivity index (χ1n) is 7.15. The van der Waals surface area contributed by atoms with Crippen molar-refractivity contribution in [2.24, 2.45) is 5.73 Å². The van der Waals surface area contributed by atoms with Gasteiger partial charge in [0.05, 0.1) is 6.61 Å². The first-order valence-corrected chi connectivity index (χ1v) is 9.43. The maximum atomic E-state index is 12.6. The maximum Gasteiger partial charge on any atom is 0.244 e. The lowest BCUT2D eigenvalue weighted by Crippen LogP contribution is -2.40. The van der Waals surface area contributed by atoms with E-state index in [2.05, 4.69) is 27.6 Å². The Morgan fingerprint density at radius 3 is 2.82 bits per heavy atom. The Kier molecular flexibility index (Phi) is 7.61. The molecule has 22 heavy (non-hydrogen) atoms. The van der Waals surface area contributed by atoms with Gasteiger partial charge in [0.15, 0.2) is 0 Å². The zero-order chi connectivity index (χ0) is 15.5. The van der Waals surface area contributed by atoms with Crippen LogP contribution in [-0.4, -0.2) is 27.6 Å². The molecule has 0 fully saturated rings. The van der Waals surface area contributed by atoms with E-state index in [1.54, 1.807) is 6.07 Å². The number of nitrogens with one attached hydrogen (secondary N) is 1. The van der Waals surface area contributed by atoms with Gasteiger partial charge in [-0.2, -0.15) is 0 Å². The summed E-state index contributed by atoms with van der Waals surface area (Å²) < 4.78 is 34.2. The Morgan fingerprint density at radius 1 is 1.45 bits per heavy atom. The van der Waals surface area contributed by atoms with Crippen LogP contribution in [0.5, 0.6) is 5.75 Å². The summed E-state index contributed by atoms with van der Waals surface area (Å²) in [5.41, 5.74) is 6.59. The van der Waals surface area contributed by atoms with E-state index in [1.165, 1.54) is 0 Å². The van der Waals surface area contributed by atoms with Gasteiger partial charge in [0.1, 0.15) is 10.6 Å². The average Bonchev–Trinajstić information content (AvgIpc) is 2.90. The molecule has 0 radical (unpaired) electrons. The third-order valence-electron chi connectivity index (χ3n) is 3.52. The molecule has 0 spiro atoms. The molecule has 2 rings (SSSR count). The highest BCUT2D eigenvalue weighted by Crippen LogP contribution is 2.35. The molecular formula is C14H22BrClN2O3S. The lowest BCUT2D eigenvalue weighted by molar-refractivity contribution is 0.348. The fourth-order valence-electron chi connectivity index (χ4n) is 2.39. The molecule has 5 nitrogen and oxygen atoms in total. The number of sulfonamides is 1. The van der Waals surface area contributed by atoms with Crippen LogP contribution in [0.1, 0.15) is 31.7 Å². The molecule has 0 saturated heterocycles. The van der Waals surface area contributed by atoms with Crippen LogP contribution in [0.2, 0.25) is 0 Å². The molecule has 0 amide bonds. The molecule has 0 saturated carbocycles. The van der Waals surface area contributed by atoms with Gasteiger partial charge in [-0.15, -0.1) is 12.4 Å². The fourth-order valence-corrected chi connectivity index (χ4v) is 4.55. The second kappa shape index (κ2) is 8.49. The van der Waals surface area contributed by atoms with E-state index in [4.69, 9.17) is 10.5 Å². The molecule has 0 bridgehead atoms. The van der Waals surface area contributed by atoms with E-state index < -0.39 is 10.0 Å². The van der Waals surface area contributed by atoms with Crippen LogP contribution in [0.25, 0.3) is 0 Å². The number of hydrogen-bond acceptors (Lipinski definition) is 4. The van der Waals surface area contributed by atoms with Crippen molar-refractivity contribution >= 4 is 38.4 Å². The Hall–Kier alpha value is -0.340. The number of benzene rings is 1. The maximum absolute atomic E-state index is 12.6. The normalized spacial score (nSPS) is 14.9. The monoisotopic (exact) mass is 412 g/mol. The van der Waals surface area contributed by atoms with Crippen molar-refractivity contribution in [3.05, 3.63) is 22.2 Å². The first-order chi connectivity index (χ1) is 9.97. The molecule has 0 aliphatic carbocycles. The summed E-state index contributed by atoms with van der Waals surface area (Å²) >= 11 is 3.36. The van der Waals surface area contributed by atoms with Gasteiger partial charge in [-0.3, -0.25) is 0 Å². The van der Waals surface area contributed by atoms with E-state index in [9.17, 15) is 8.42 Å². The molecule has 1 aromatic rings. The van der Waals surface area contributed by atoms with Crippen LogP contribution in [0.4, 0.5) is 0 Å². The minimum Gasteiger partial charge on any atom is -0.492 e. The Labute approximate surface area is 146 Å². The highest BCUT2D eigenvalue weighted by molar-refractivity contribution is 9.10. The van der Waals surface area contributed by atoms with E-state index in [1.807, 2.05) is 6.07 Å². The first kappa shape index (κ1) is 19.7. The predicted molar refractivity (Wildman–Crippen MR) is 93.3 cm³/mol. The van der Waals surface area contributed by atoms with Crippen molar-refractivity contribution in [2.45, 2.75) is 43.5 Å². The van der Waals surface area contributed by atoms with E-state index in [0.717, 1.165) is 35.7 Å². The molecule has 1 heterocycles. The standard InChI is InChI=1S/C14H21BrN2O3S.ClH/c1-2-3-4-12(9-16)17-21(18,19)13-8-11(15)7-10-5-6-20-14(10)13;/h7-8,12,17H,2-6,9,16H2,1H3;1H. The number of nitrogens with two attached hydrogens (primary N) is 1. The number of fused-ring (bicyclic) bond motifs is 1. The third-order valence-corrected chi connectivity index (χ3v) is 5.50. The second-order valence-electron chi connectivity index (χ2n) is 5.19. The van der Waals surface area contributed by atoms with Crippen LogP contribution < -0.4 is 15.2 Å². The number of rotatable bonds is 7. The number of unbranched alkanes of at least 4 members (excludes halogenated alkanes) is 1. The number of ether oxygens (including phenoxy) is 1. The van der Waals surface area contributed by atoms with Crippen molar-refractivity contribution in [2.75, 3.05) is 13.2 Å². The van der Waals surface area contributed by atoms with Crippen LogP contribution in [0.3, 0.4) is 0 Å². The molecule has 1 atom stereocenters. The van der Waals surface area contributed by atoms with Gasteiger partial charge in [0, 0.05) is 29.0 Å². The summed E-state index contributed by atoms with van der Waals surface area (Å²) in [6.45, 7) is 2.87. The van der Waals surface area contributed by atoms with Gasteiger partial charge in [0.2, 0.25) is 10.0 Å². The fraction of sp³-hybridized carbons (Fsp3) is 0.571. The van der Waals surface area contributed by atoms with Gasteiger partial charge in [-0.1, -0.05) is 35.7 Å². The molecule has 8 heteroatoms. The van der Waals surface area contributed by atoms with E-state index in [-0.39, 0.29) is 29.9 Å². The topological polar surface area (TPSA) is 81.4 Å². The van der Waals surface area contributed by atoms with Gasteiger partial charge in [0.25, 0.3) is 0 Å². The average molecular weight is 414 g/mol. The lowest BCUT2D eigenvalue weighted by Gasteiger charge is -2.18. The van der Waals surface area contributed by atoms with Crippen molar-refractivity contribution in [1.82, 2.24) is 4.72 Å². The molecular weight excluding hydrogens is 392 g/mol. The summed E-state index contributed by atoms with van der Waals surface area (Å²) in [6.07, 6.45) is 3.42. The van der Waals surface area contributed by atoms with Gasteiger partial charge in [-0.25, -0.2) is 13.1 Å². The third kappa shape index (κ3) is 4.58. The van der Waals surface area contributed by atoms with Crippen LogP contribution in [-0.2, 0) is 16.4 Å². The van der Waals surface area contributed by atoms with Gasteiger partial charge in [-0.05, 0) is 18.6 Å². The molecule has 1 aliphatic heterocycles. The number of halogens is 2. The lowest BCUT2D eigenvalue weighted by atomic mass is 10.1. The smallest absolute Gasteiger partial charge is 0.244 e. The van der Waals surface area contributed by atoms with Gasteiger partial charge >= 0.3 is 0 Å². The second-order valence-corrected chi connectivity index (χ2v) is 7.78.